The van der Waals surface area contributed by atoms with Crippen LogP contribution in [0.4, 0.5) is 0 Å². The van der Waals surface area contributed by atoms with Gasteiger partial charge in [0.15, 0.2) is 5.82 Å². The molecule has 0 fully saturated rings. The molecule has 4 nitrogen and oxygen atoms in total. The second-order valence-corrected chi connectivity index (χ2v) is 6.17. The largest absolute Gasteiger partial charge is 0.265 e. The number of rotatable bonds is 2. The lowest BCUT2D eigenvalue weighted by Crippen LogP contribution is -2.04. The molecule has 0 amide bonds. The maximum absolute atomic E-state index is 6.28. The van der Waals surface area contributed by atoms with E-state index in [2.05, 4.69) is 28.9 Å². The highest BCUT2D eigenvalue weighted by atomic mass is 35.5. The lowest BCUT2D eigenvalue weighted by atomic mass is 10.2. The lowest BCUT2D eigenvalue weighted by molar-refractivity contribution is 0.658. The number of hydrogen-bond donors (Lipinski definition) is 0. The van der Waals surface area contributed by atoms with E-state index in [0.717, 1.165) is 15.8 Å². The minimum absolute atomic E-state index is 0.533. The van der Waals surface area contributed by atoms with Gasteiger partial charge in [-0.25, -0.2) is 9.97 Å². The summed E-state index contributed by atoms with van der Waals surface area (Å²) in [5.41, 5.74) is 2.29. The Hall–Kier alpha value is -1.46. The molecule has 3 aromatic heterocycles. The van der Waals surface area contributed by atoms with E-state index in [1.165, 1.54) is 10.4 Å². The van der Waals surface area contributed by atoms with Crippen molar-refractivity contribution in [2.24, 2.45) is 0 Å². The van der Waals surface area contributed by atoms with Crippen LogP contribution in [0.2, 0.25) is 5.15 Å². The molecule has 3 aromatic rings. The molecule has 6 heteroatoms. The van der Waals surface area contributed by atoms with Gasteiger partial charge in [0.2, 0.25) is 0 Å². The zero-order chi connectivity index (χ0) is 13.6. The van der Waals surface area contributed by atoms with Crippen LogP contribution in [0.1, 0.15) is 21.8 Å². The highest BCUT2D eigenvalue weighted by molar-refractivity contribution is 7.18. The van der Waals surface area contributed by atoms with Crippen LogP contribution in [0.15, 0.2) is 12.4 Å². The van der Waals surface area contributed by atoms with Crippen molar-refractivity contribution in [3.05, 3.63) is 39.4 Å². The van der Waals surface area contributed by atoms with Gasteiger partial charge in [0.25, 0.3) is 0 Å². The molecular formula is C13H13ClN4S. The SMILES string of the molecule is Cc1cnn(Cc2nc(Cl)c3c(C)c(C)sc3n2)c1. The average Bonchev–Trinajstić information content (AvgIpc) is 2.85. The van der Waals surface area contributed by atoms with Gasteiger partial charge >= 0.3 is 0 Å². The summed E-state index contributed by atoms with van der Waals surface area (Å²) in [6.45, 7) is 6.68. The van der Waals surface area contributed by atoms with Gasteiger partial charge in [0.05, 0.1) is 11.6 Å². The van der Waals surface area contributed by atoms with Crippen molar-refractivity contribution in [2.75, 3.05) is 0 Å². The van der Waals surface area contributed by atoms with E-state index in [4.69, 9.17) is 11.6 Å². The third-order valence-corrected chi connectivity index (χ3v) is 4.47. The first-order valence-electron chi connectivity index (χ1n) is 5.96. The van der Waals surface area contributed by atoms with Gasteiger partial charge in [-0.15, -0.1) is 11.3 Å². The van der Waals surface area contributed by atoms with E-state index in [1.54, 1.807) is 11.3 Å². The molecule has 0 radical (unpaired) electrons. The van der Waals surface area contributed by atoms with Crippen molar-refractivity contribution in [1.29, 1.82) is 0 Å². The Bertz CT molecular complexity index is 759. The van der Waals surface area contributed by atoms with E-state index in [-0.39, 0.29) is 0 Å². The Morgan fingerprint density at radius 2 is 2.05 bits per heavy atom. The molecule has 0 atom stereocenters. The van der Waals surface area contributed by atoms with Gasteiger partial charge in [-0.1, -0.05) is 11.6 Å². The number of nitrogens with zero attached hydrogens (tertiary/aromatic N) is 4. The number of hydrogen-bond acceptors (Lipinski definition) is 4. The van der Waals surface area contributed by atoms with Crippen molar-refractivity contribution in [3.8, 4) is 0 Å². The molecule has 3 heterocycles. The first-order chi connectivity index (χ1) is 9.04. The summed E-state index contributed by atoms with van der Waals surface area (Å²) in [5, 5.41) is 5.75. The fraction of sp³-hybridized carbons (Fsp3) is 0.308. The molecule has 0 aliphatic heterocycles. The standard InChI is InChI=1S/C13H13ClN4S/c1-7-4-15-18(5-7)6-10-16-12(14)11-8(2)9(3)19-13(11)17-10/h4-5H,6H2,1-3H3. The summed E-state index contributed by atoms with van der Waals surface area (Å²) < 4.78 is 1.82. The Kier molecular flexibility index (Phi) is 3.03. The number of thiophene rings is 1. The van der Waals surface area contributed by atoms with Crippen LogP contribution in [0, 0.1) is 20.8 Å². The second kappa shape index (κ2) is 4.58. The molecule has 0 bridgehead atoms. The molecular weight excluding hydrogens is 280 g/mol. The molecule has 98 valence electrons. The number of halogens is 1. The van der Waals surface area contributed by atoms with Crippen LogP contribution >= 0.6 is 22.9 Å². The van der Waals surface area contributed by atoms with E-state index in [0.29, 0.717) is 17.5 Å². The third-order valence-electron chi connectivity index (χ3n) is 3.10. The smallest absolute Gasteiger partial charge is 0.153 e. The van der Waals surface area contributed by atoms with E-state index in [1.807, 2.05) is 24.0 Å². The topological polar surface area (TPSA) is 43.6 Å². The normalized spacial score (nSPS) is 11.4. The van der Waals surface area contributed by atoms with Crippen LogP contribution in [0.25, 0.3) is 10.2 Å². The van der Waals surface area contributed by atoms with Crippen molar-refractivity contribution in [2.45, 2.75) is 27.3 Å². The minimum atomic E-state index is 0.533. The number of aromatic nitrogens is 4. The van der Waals surface area contributed by atoms with Gasteiger partial charge in [-0.05, 0) is 31.9 Å². The van der Waals surface area contributed by atoms with Gasteiger partial charge in [0, 0.05) is 11.1 Å². The van der Waals surface area contributed by atoms with Crippen LogP contribution in [-0.2, 0) is 6.54 Å². The summed E-state index contributed by atoms with van der Waals surface area (Å²) in [5.74, 6) is 0.696. The zero-order valence-electron chi connectivity index (χ0n) is 10.9. The third kappa shape index (κ3) is 2.24. The highest BCUT2D eigenvalue weighted by Crippen LogP contribution is 2.32. The quantitative estimate of drug-likeness (QED) is 0.679. The molecule has 0 N–H and O–H groups in total. The maximum atomic E-state index is 6.28. The van der Waals surface area contributed by atoms with Crippen LogP contribution in [0.3, 0.4) is 0 Å². The Labute approximate surface area is 120 Å². The Balaban J connectivity index is 2.06. The van der Waals surface area contributed by atoms with Gasteiger partial charge < -0.3 is 0 Å². The first kappa shape index (κ1) is 12.6. The number of fused-ring (bicyclic) bond motifs is 1. The van der Waals surface area contributed by atoms with E-state index in [9.17, 15) is 0 Å². The first-order valence-corrected chi connectivity index (χ1v) is 7.15. The van der Waals surface area contributed by atoms with Crippen molar-refractivity contribution in [1.82, 2.24) is 19.7 Å². The monoisotopic (exact) mass is 292 g/mol. The Morgan fingerprint density at radius 3 is 2.74 bits per heavy atom. The molecule has 19 heavy (non-hydrogen) atoms. The summed E-state index contributed by atoms with van der Waals surface area (Å²) in [7, 11) is 0. The molecule has 0 saturated carbocycles. The summed E-state index contributed by atoms with van der Waals surface area (Å²) in [6.07, 6.45) is 3.78. The van der Waals surface area contributed by atoms with Crippen LogP contribution < -0.4 is 0 Å². The maximum Gasteiger partial charge on any atom is 0.153 e. The summed E-state index contributed by atoms with van der Waals surface area (Å²) in [4.78, 5) is 11.2. The predicted octanol–water partition coefficient (Wildman–Crippen LogP) is 3.51. The van der Waals surface area contributed by atoms with Crippen molar-refractivity contribution < 1.29 is 0 Å². The molecule has 0 unspecified atom stereocenters. The van der Waals surface area contributed by atoms with E-state index >= 15 is 0 Å². The van der Waals surface area contributed by atoms with Crippen LogP contribution in [-0.4, -0.2) is 19.7 Å². The molecule has 0 saturated heterocycles. The van der Waals surface area contributed by atoms with Gasteiger partial charge in [-0.2, -0.15) is 5.10 Å². The van der Waals surface area contributed by atoms with Gasteiger partial charge in [-0.3, -0.25) is 4.68 Å². The molecule has 3 rings (SSSR count). The predicted molar refractivity (Wildman–Crippen MR) is 78.0 cm³/mol. The average molecular weight is 293 g/mol. The lowest BCUT2D eigenvalue weighted by Gasteiger charge is -2.02. The molecule has 0 spiro atoms. The second-order valence-electron chi connectivity index (χ2n) is 4.61. The summed E-state index contributed by atoms with van der Waals surface area (Å²) >= 11 is 7.94. The zero-order valence-corrected chi connectivity index (χ0v) is 12.5. The molecule has 0 aliphatic carbocycles. The summed E-state index contributed by atoms with van der Waals surface area (Å²) in [6, 6.07) is 0. The highest BCUT2D eigenvalue weighted by Gasteiger charge is 2.13. The number of aryl methyl sites for hydroxylation is 3. The van der Waals surface area contributed by atoms with Crippen molar-refractivity contribution >= 4 is 33.2 Å². The van der Waals surface area contributed by atoms with Crippen molar-refractivity contribution in [3.63, 3.8) is 0 Å². The fourth-order valence-electron chi connectivity index (χ4n) is 2.01. The fourth-order valence-corrected chi connectivity index (χ4v) is 3.44. The van der Waals surface area contributed by atoms with E-state index < -0.39 is 0 Å². The van der Waals surface area contributed by atoms with Gasteiger partial charge in [0.1, 0.15) is 16.5 Å². The molecule has 0 aromatic carbocycles. The minimum Gasteiger partial charge on any atom is -0.265 e. The van der Waals surface area contributed by atoms with Crippen LogP contribution in [0.5, 0.6) is 0 Å². The Morgan fingerprint density at radius 1 is 1.26 bits per heavy atom. The molecule has 0 aliphatic rings.